The van der Waals surface area contributed by atoms with Crippen LogP contribution >= 0.6 is 0 Å². The van der Waals surface area contributed by atoms with Crippen LogP contribution in [-0.2, 0) is 24.2 Å². The predicted octanol–water partition coefficient (Wildman–Crippen LogP) is 1.07. The lowest BCUT2D eigenvalue weighted by Gasteiger charge is -2.30. The number of hydrogen-bond donors (Lipinski definition) is 4. The molecule has 1 aromatic heterocycles. The highest BCUT2D eigenvalue weighted by molar-refractivity contribution is 7.93. The van der Waals surface area contributed by atoms with Gasteiger partial charge >= 0.3 is 5.97 Å². The van der Waals surface area contributed by atoms with E-state index in [1.165, 1.54) is 50.2 Å². The molecule has 0 radical (unpaired) electrons. The highest BCUT2D eigenvalue weighted by Crippen LogP contribution is 2.41. The molecule has 1 unspecified atom stereocenters. The number of benzene rings is 1. The first-order valence-electron chi connectivity index (χ1n) is 8.01. The normalized spacial score (nSPS) is 13.4. The van der Waals surface area contributed by atoms with E-state index in [-0.39, 0.29) is 22.1 Å². The molecule has 1 amide bonds. The maximum Gasteiger partial charge on any atom is 0.303 e. The van der Waals surface area contributed by atoms with Gasteiger partial charge in [0.15, 0.2) is 26.1 Å². The molecule has 11 heteroatoms. The largest absolute Gasteiger partial charge is 0.493 e. The number of sulfone groups is 1. The van der Waals surface area contributed by atoms with Gasteiger partial charge in [0.05, 0.1) is 19.1 Å². The first-order chi connectivity index (χ1) is 13.2. The van der Waals surface area contributed by atoms with Crippen LogP contribution in [0, 0.1) is 0 Å². The fraction of sp³-hybridized carbons (Fsp3) is 0.294. The van der Waals surface area contributed by atoms with Crippen LogP contribution < -0.4 is 15.0 Å². The van der Waals surface area contributed by atoms with E-state index in [2.05, 4.69) is 4.98 Å². The minimum absolute atomic E-state index is 0.0879. The Hall–Kier alpha value is -3.05. The molecule has 0 fully saturated rings. The van der Waals surface area contributed by atoms with Gasteiger partial charge in [-0.3, -0.25) is 14.8 Å². The van der Waals surface area contributed by atoms with Crippen LogP contribution in [0.4, 0.5) is 0 Å². The molecule has 0 aliphatic rings. The molecule has 1 heterocycles. The predicted molar refractivity (Wildman–Crippen MR) is 96.0 cm³/mol. The summed E-state index contributed by atoms with van der Waals surface area (Å²) in [5.41, 5.74) is 1.27. The monoisotopic (exact) mass is 412 g/mol. The number of carbonyl (C=O) groups is 2. The number of hydrogen-bond acceptors (Lipinski definition) is 7. The smallest absolute Gasteiger partial charge is 0.303 e. The number of amides is 1. The summed E-state index contributed by atoms with van der Waals surface area (Å²) in [6.07, 6.45) is 0.129. The summed E-state index contributed by atoms with van der Waals surface area (Å²) in [6.45, 7) is 0. The van der Waals surface area contributed by atoms with Crippen molar-refractivity contribution < 1.29 is 37.8 Å². The second-order valence-electron chi connectivity index (χ2n) is 5.77. The molecule has 0 bridgehead atoms. The zero-order valence-corrected chi connectivity index (χ0v) is 15.9. The third kappa shape index (κ3) is 3.53. The number of carbonyl (C=O) groups excluding carboxylic acids is 1. The van der Waals surface area contributed by atoms with Crippen molar-refractivity contribution in [2.24, 2.45) is 0 Å². The number of methoxy groups -OCH3 is 2. The van der Waals surface area contributed by atoms with Crippen molar-refractivity contribution in [1.29, 1.82) is 0 Å². The van der Waals surface area contributed by atoms with Crippen molar-refractivity contribution in [1.82, 2.24) is 10.5 Å². The lowest BCUT2D eigenvalue weighted by atomic mass is 9.97. The number of ether oxygens (including phenoxy) is 2. The van der Waals surface area contributed by atoms with Gasteiger partial charge in [0.2, 0.25) is 0 Å². The van der Waals surface area contributed by atoms with Gasteiger partial charge < -0.3 is 19.6 Å². The first-order valence-corrected chi connectivity index (χ1v) is 9.49. The van der Waals surface area contributed by atoms with E-state index in [1.54, 1.807) is 0 Å². The van der Waals surface area contributed by atoms with Gasteiger partial charge in [0.1, 0.15) is 0 Å². The highest BCUT2D eigenvalue weighted by Gasteiger charge is 2.54. The Bertz CT molecular complexity index is 956. The lowest BCUT2D eigenvalue weighted by Crippen LogP contribution is -2.50. The SMILES string of the molecule is COc1ccc(S(=O)(=O)C(CCC(=O)O)(C(=O)NO)c2ccc[nH]2)cc1OC. The molecule has 1 aromatic carbocycles. The van der Waals surface area contributed by atoms with Crippen LogP contribution in [0.15, 0.2) is 41.4 Å². The summed E-state index contributed by atoms with van der Waals surface area (Å²) in [6, 6.07) is 6.51. The fourth-order valence-electron chi connectivity index (χ4n) is 2.91. The number of carboxylic acid groups (broad SMARTS) is 1. The van der Waals surface area contributed by atoms with Crippen LogP contribution in [0.2, 0.25) is 0 Å². The molecule has 152 valence electrons. The fourth-order valence-corrected chi connectivity index (χ4v) is 4.90. The molecule has 4 N–H and O–H groups in total. The van der Waals surface area contributed by atoms with Crippen LogP contribution in [0.3, 0.4) is 0 Å². The Morgan fingerprint density at radius 1 is 1.18 bits per heavy atom. The Morgan fingerprint density at radius 2 is 1.86 bits per heavy atom. The van der Waals surface area contributed by atoms with Gasteiger partial charge in [-0.25, -0.2) is 13.9 Å². The van der Waals surface area contributed by atoms with Crippen molar-refractivity contribution in [2.75, 3.05) is 14.2 Å². The molecule has 2 rings (SSSR count). The molecule has 0 saturated carbocycles. The molecule has 0 spiro atoms. The number of aromatic amines is 1. The summed E-state index contributed by atoms with van der Waals surface area (Å²) in [5, 5.41) is 18.3. The number of H-pyrrole nitrogens is 1. The number of nitrogens with one attached hydrogen (secondary N) is 2. The maximum absolute atomic E-state index is 13.6. The van der Waals surface area contributed by atoms with Crippen molar-refractivity contribution in [2.45, 2.75) is 22.5 Å². The standard InChI is InChI=1S/C17H20N2O8S/c1-26-12-6-5-11(10-13(12)27-2)28(24,25)17(16(22)19-23,8-7-15(20)21)14-4-3-9-18-14/h3-6,9-10,18,23H,7-8H2,1-2H3,(H,19,22)(H,20,21). The summed E-state index contributed by atoms with van der Waals surface area (Å²) in [4.78, 5) is 26.1. The maximum atomic E-state index is 13.6. The summed E-state index contributed by atoms with van der Waals surface area (Å²) in [7, 11) is -1.86. The van der Waals surface area contributed by atoms with E-state index >= 15 is 0 Å². The first kappa shape index (κ1) is 21.3. The van der Waals surface area contributed by atoms with Crippen LogP contribution in [0.1, 0.15) is 18.5 Å². The molecule has 0 aliphatic heterocycles. The van der Waals surface area contributed by atoms with Gasteiger partial charge in [0, 0.05) is 24.4 Å². The molecule has 0 saturated heterocycles. The summed E-state index contributed by atoms with van der Waals surface area (Å²) >= 11 is 0. The van der Waals surface area contributed by atoms with Crippen LogP contribution in [0.5, 0.6) is 11.5 Å². The molecule has 28 heavy (non-hydrogen) atoms. The minimum atomic E-state index is -4.55. The van der Waals surface area contributed by atoms with Crippen LogP contribution in [-0.4, -0.2) is 49.8 Å². The molecular weight excluding hydrogens is 392 g/mol. The quantitative estimate of drug-likeness (QED) is 0.352. The second kappa shape index (κ2) is 8.31. The number of aliphatic carboxylic acids is 1. The summed E-state index contributed by atoms with van der Waals surface area (Å²) in [5.74, 6) is -2.22. The second-order valence-corrected chi connectivity index (χ2v) is 7.94. The highest BCUT2D eigenvalue weighted by atomic mass is 32.2. The van der Waals surface area contributed by atoms with E-state index in [4.69, 9.17) is 14.6 Å². The van der Waals surface area contributed by atoms with E-state index in [9.17, 15) is 23.2 Å². The molecule has 1 atom stereocenters. The van der Waals surface area contributed by atoms with Crippen molar-refractivity contribution in [3.8, 4) is 11.5 Å². The third-order valence-corrected chi connectivity index (χ3v) is 6.72. The van der Waals surface area contributed by atoms with Crippen molar-refractivity contribution in [3.63, 3.8) is 0 Å². The zero-order chi connectivity index (χ0) is 20.9. The zero-order valence-electron chi connectivity index (χ0n) is 15.1. The topological polar surface area (TPSA) is 155 Å². The Morgan fingerprint density at radius 3 is 2.36 bits per heavy atom. The van der Waals surface area contributed by atoms with Gasteiger partial charge in [0.25, 0.3) is 5.91 Å². The number of hydroxylamine groups is 1. The summed E-state index contributed by atoms with van der Waals surface area (Å²) < 4.78 is 34.9. The lowest BCUT2D eigenvalue weighted by molar-refractivity contribution is -0.138. The van der Waals surface area contributed by atoms with E-state index in [0.29, 0.717) is 0 Å². The van der Waals surface area contributed by atoms with Gasteiger partial charge in [-0.05, 0) is 30.7 Å². The number of rotatable bonds is 9. The molecule has 2 aromatic rings. The van der Waals surface area contributed by atoms with Crippen LogP contribution in [0.25, 0.3) is 0 Å². The number of aromatic nitrogens is 1. The Kier molecular flexibility index (Phi) is 6.31. The Balaban J connectivity index is 2.77. The average molecular weight is 412 g/mol. The molecular formula is C17H20N2O8S. The number of carboxylic acids is 1. The molecule has 10 nitrogen and oxygen atoms in total. The minimum Gasteiger partial charge on any atom is -0.493 e. The van der Waals surface area contributed by atoms with E-state index in [0.717, 1.165) is 6.07 Å². The third-order valence-electron chi connectivity index (χ3n) is 4.32. The van der Waals surface area contributed by atoms with Gasteiger partial charge in [-0.2, -0.15) is 0 Å². The van der Waals surface area contributed by atoms with Gasteiger partial charge in [-0.15, -0.1) is 0 Å². The van der Waals surface area contributed by atoms with Crippen molar-refractivity contribution >= 4 is 21.7 Å². The van der Waals surface area contributed by atoms with E-state index in [1.807, 2.05) is 0 Å². The van der Waals surface area contributed by atoms with Gasteiger partial charge in [-0.1, -0.05) is 0 Å². The Labute approximate surface area is 161 Å². The molecule has 0 aliphatic carbocycles. The average Bonchev–Trinajstić information content (AvgIpc) is 3.22. The van der Waals surface area contributed by atoms with E-state index < -0.39 is 39.3 Å². The van der Waals surface area contributed by atoms with Crippen molar-refractivity contribution in [3.05, 3.63) is 42.2 Å².